The van der Waals surface area contributed by atoms with Gasteiger partial charge in [0.05, 0.1) is 12.1 Å². The lowest BCUT2D eigenvalue weighted by Gasteiger charge is -2.37. The summed E-state index contributed by atoms with van der Waals surface area (Å²) in [5.41, 5.74) is -1.19. The topological polar surface area (TPSA) is 48.0 Å². The number of nitrogens with zero attached hydrogens (tertiary/aromatic N) is 1. The molecule has 0 aromatic carbocycles. The van der Waals surface area contributed by atoms with Gasteiger partial charge in [-0.15, -0.1) is 0 Å². The van der Waals surface area contributed by atoms with E-state index in [4.69, 9.17) is 14.2 Å². The lowest BCUT2D eigenvalue weighted by molar-refractivity contribution is -0.106. The standard InChI is InChI=1S/C22H39NO4/c1-15-12-18(25-14-15)19-17(13-16-10-8-7-9-11-16)23(22(5,6)26-19)20(24)27-21(2,3)4/h15-19H,7-14H2,1-6H3/t15?,17-,18?,19?/m0/s1. The Morgan fingerprint density at radius 1 is 1.19 bits per heavy atom. The molecule has 5 nitrogen and oxygen atoms in total. The molecule has 2 heterocycles. The largest absolute Gasteiger partial charge is 0.444 e. The van der Waals surface area contributed by atoms with E-state index in [0.717, 1.165) is 19.4 Å². The molecule has 3 rings (SSSR count). The van der Waals surface area contributed by atoms with Crippen molar-refractivity contribution in [1.82, 2.24) is 4.90 Å². The highest BCUT2D eigenvalue weighted by Gasteiger charge is 2.54. The summed E-state index contributed by atoms with van der Waals surface area (Å²) in [5.74, 6) is 1.21. The zero-order valence-electron chi connectivity index (χ0n) is 18.1. The average molecular weight is 382 g/mol. The Morgan fingerprint density at radius 3 is 2.41 bits per heavy atom. The summed E-state index contributed by atoms with van der Waals surface area (Å²) in [4.78, 5) is 15.0. The van der Waals surface area contributed by atoms with Gasteiger partial charge in [0, 0.05) is 6.61 Å². The van der Waals surface area contributed by atoms with Crippen LogP contribution in [0.4, 0.5) is 4.79 Å². The highest BCUT2D eigenvalue weighted by atomic mass is 16.6. The van der Waals surface area contributed by atoms with Crippen molar-refractivity contribution in [2.45, 2.75) is 116 Å². The first-order valence-corrected chi connectivity index (χ1v) is 10.9. The van der Waals surface area contributed by atoms with Crippen LogP contribution >= 0.6 is 0 Å². The van der Waals surface area contributed by atoms with Crippen LogP contribution in [-0.4, -0.2) is 47.2 Å². The minimum absolute atomic E-state index is 0.0215. The summed E-state index contributed by atoms with van der Waals surface area (Å²) < 4.78 is 18.3. The van der Waals surface area contributed by atoms with Gasteiger partial charge >= 0.3 is 6.09 Å². The van der Waals surface area contributed by atoms with Crippen LogP contribution in [0.15, 0.2) is 0 Å². The lowest BCUT2D eigenvalue weighted by atomic mass is 9.82. The Labute approximate surface area is 165 Å². The molecule has 0 radical (unpaired) electrons. The fourth-order valence-corrected chi connectivity index (χ4v) is 5.06. The summed E-state index contributed by atoms with van der Waals surface area (Å²) in [6.45, 7) is 12.8. The molecule has 1 aliphatic carbocycles. The van der Waals surface area contributed by atoms with E-state index in [1.54, 1.807) is 0 Å². The average Bonchev–Trinajstić information content (AvgIpc) is 3.07. The van der Waals surface area contributed by atoms with E-state index in [-0.39, 0.29) is 24.3 Å². The predicted octanol–water partition coefficient (Wildman–Crippen LogP) is 5.12. The number of hydrogen-bond donors (Lipinski definition) is 0. The van der Waals surface area contributed by atoms with E-state index in [2.05, 4.69) is 6.92 Å². The van der Waals surface area contributed by atoms with Crippen LogP contribution in [0.25, 0.3) is 0 Å². The number of hydrogen-bond acceptors (Lipinski definition) is 4. The van der Waals surface area contributed by atoms with Gasteiger partial charge in [-0.2, -0.15) is 0 Å². The molecule has 0 aromatic heterocycles. The first-order chi connectivity index (χ1) is 12.6. The van der Waals surface area contributed by atoms with Crippen LogP contribution in [-0.2, 0) is 14.2 Å². The molecule has 2 aliphatic heterocycles. The van der Waals surface area contributed by atoms with Gasteiger partial charge < -0.3 is 14.2 Å². The van der Waals surface area contributed by atoms with Gasteiger partial charge in [0.2, 0.25) is 0 Å². The predicted molar refractivity (Wildman–Crippen MR) is 106 cm³/mol. The lowest BCUT2D eigenvalue weighted by Crippen LogP contribution is -2.51. The zero-order valence-corrected chi connectivity index (χ0v) is 18.1. The van der Waals surface area contributed by atoms with Crippen LogP contribution in [0.3, 0.4) is 0 Å². The maximum Gasteiger partial charge on any atom is 0.412 e. The number of ether oxygens (including phenoxy) is 3. The molecule has 0 aromatic rings. The van der Waals surface area contributed by atoms with Crippen LogP contribution in [0.5, 0.6) is 0 Å². The van der Waals surface area contributed by atoms with Gasteiger partial charge in [-0.1, -0.05) is 39.0 Å². The van der Waals surface area contributed by atoms with Crippen molar-refractivity contribution in [3.63, 3.8) is 0 Å². The van der Waals surface area contributed by atoms with Crippen molar-refractivity contribution in [2.24, 2.45) is 11.8 Å². The number of carbonyl (C=O) groups is 1. The summed E-state index contributed by atoms with van der Waals surface area (Å²) in [7, 11) is 0. The molecule has 0 bridgehead atoms. The number of carbonyl (C=O) groups excluding carboxylic acids is 1. The highest BCUT2D eigenvalue weighted by Crippen LogP contribution is 2.42. The Hall–Kier alpha value is -0.810. The minimum atomic E-state index is -0.679. The molecule has 0 N–H and O–H groups in total. The van der Waals surface area contributed by atoms with Gasteiger partial charge in [0.25, 0.3) is 0 Å². The fourth-order valence-electron chi connectivity index (χ4n) is 5.06. The monoisotopic (exact) mass is 381 g/mol. The molecule has 27 heavy (non-hydrogen) atoms. The van der Waals surface area contributed by atoms with E-state index in [0.29, 0.717) is 11.8 Å². The molecule has 2 saturated heterocycles. The quantitative estimate of drug-likeness (QED) is 0.680. The molecule has 4 atom stereocenters. The summed E-state index contributed by atoms with van der Waals surface area (Å²) in [6, 6.07) is 0.0215. The van der Waals surface area contributed by atoms with Gasteiger partial charge in [0.1, 0.15) is 17.4 Å². The molecule has 0 spiro atoms. The molecular formula is C22H39NO4. The molecular weight excluding hydrogens is 342 g/mol. The van der Waals surface area contributed by atoms with E-state index in [9.17, 15) is 4.79 Å². The SMILES string of the molecule is CC1COC(C2OC(C)(C)N(C(=O)OC(C)(C)C)[C@H]2CC2CCCCC2)C1. The van der Waals surface area contributed by atoms with E-state index < -0.39 is 11.3 Å². The number of rotatable bonds is 3. The van der Waals surface area contributed by atoms with Gasteiger partial charge in [0.15, 0.2) is 0 Å². The second-order valence-electron chi connectivity index (χ2n) is 10.4. The molecule has 5 heteroatoms. The van der Waals surface area contributed by atoms with Crippen molar-refractivity contribution >= 4 is 6.09 Å². The second-order valence-corrected chi connectivity index (χ2v) is 10.4. The van der Waals surface area contributed by atoms with Crippen molar-refractivity contribution in [2.75, 3.05) is 6.61 Å². The van der Waals surface area contributed by atoms with E-state index in [1.165, 1.54) is 32.1 Å². The number of amides is 1. The van der Waals surface area contributed by atoms with Crippen molar-refractivity contribution in [1.29, 1.82) is 0 Å². The molecule has 3 unspecified atom stereocenters. The van der Waals surface area contributed by atoms with Gasteiger partial charge in [-0.05, 0) is 59.3 Å². The first-order valence-electron chi connectivity index (χ1n) is 10.9. The molecule has 1 amide bonds. The van der Waals surface area contributed by atoms with Crippen molar-refractivity contribution in [3.8, 4) is 0 Å². The van der Waals surface area contributed by atoms with Crippen LogP contribution in [0, 0.1) is 11.8 Å². The highest BCUT2D eigenvalue weighted by molar-refractivity contribution is 5.70. The third-order valence-corrected chi connectivity index (χ3v) is 6.20. The maximum atomic E-state index is 13.1. The Morgan fingerprint density at radius 2 is 1.85 bits per heavy atom. The Kier molecular flexibility index (Phi) is 6.12. The molecule has 156 valence electrons. The molecule has 1 saturated carbocycles. The summed E-state index contributed by atoms with van der Waals surface area (Å²) >= 11 is 0. The zero-order chi connectivity index (χ0) is 19.8. The second kappa shape index (κ2) is 7.90. The normalized spacial score (nSPS) is 34.8. The van der Waals surface area contributed by atoms with Gasteiger partial charge in [-0.3, -0.25) is 4.90 Å². The van der Waals surface area contributed by atoms with E-state index in [1.807, 2.05) is 39.5 Å². The third kappa shape index (κ3) is 4.97. The minimum Gasteiger partial charge on any atom is -0.444 e. The maximum absolute atomic E-state index is 13.1. The fraction of sp³-hybridized carbons (Fsp3) is 0.955. The molecule has 3 fully saturated rings. The van der Waals surface area contributed by atoms with Crippen molar-refractivity contribution < 1.29 is 19.0 Å². The van der Waals surface area contributed by atoms with Gasteiger partial charge in [-0.25, -0.2) is 4.79 Å². The van der Waals surface area contributed by atoms with E-state index >= 15 is 0 Å². The van der Waals surface area contributed by atoms with Crippen LogP contribution in [0.1, 0.15) is 86.5 Å². The Bertz CT molecular complexity index is 521. The first kappa shape index (κ1) is 20.9. The third-order valence-electron chi connectivity index (χ3n) is 6.20. The van der Waals surface area contributed by atoms with Crippen LogP contribution < -0.4 is 0 Å². The van der Waals surface area contributed by atoms with Crippen molar-refractivity contribution in [3.05, 3.63) is 0 Å². The molecule has 3 aliphatic rings. The smallest absolute Gasteiger partial charge is 0.412 e. The summed E-state index contributed by atoms with van der Waals surface area (Å²) in [5, 5.41) is 0. The summed E-state index contributed by atoms with van der Waals surface area (Å²) in [6.07, 6.45) is 8.19. The Balaban J connectivity index is 1.83. The van der Waals surface area contributed by atoms with Crippen LogP contribution in [0.2, 0.25) is 0 Å².